The first-order valence-electron chi connectivity index (χ1n) is 8.59. The molecule has 0 saturated carbocycles. The van der Waals surface area contributed by atoms with Gasteiger partial charge in [-0.2, -0.15) is 0 Å². The van der Waals surface area contributed by atoms with Crippen LogP contribution in [0, 0.1) is 6.92 Å². The summed E-state index contributed by atoms with van der Waals surface area (Å²) in [4.78, 5) is 15.1. The standard InChI is InChI=1S/C19H19N3O4S/c1-3-22-17-7-5-15(10-18(17)26-19(22)23)27(24,25)20-11-13-4-6-16-14(9-13)8-12(2)21-16/h4-10,20-21H,3,11H2,1-2H3. The number of rotatable bonds is 5. The molecule has 0 aliphatic carbocycles. The SMILES string of the molecule is CCn1c(=O)oc2cc(S(=O)(=O)NCc3ccc4[nH]c(C)cc4c3)ccc21. The van der Waals surface area contributed by atoms with Gasteiger partial charge in [0.15, 0.2) is 5.58 Å². The highest BCUT2D eigenvalue weighted by molar-refractivity contribution is 7.89. The zero-order valence-corrected chi connectivity index (χ0v) is 15.8. The monoisotopic (exact) mass is 385 g/mol. The van der Waals surface area contributed by atoms with Gasteiger partial charge in [0, 0.05) is 30.4 Å². The van der Waals surface area contributed by atoms with Gasteiger partial charge in [-0.25, -0.2) is 17.9 Å². The minimum atomic E-state index is -3.74. The topological polar surface area (TPSA) is 97.1 Å². The molecule has 4 rings (SSSR count). The first-order chi connectivity index (χ1) is 12.9. The second kappa shape index (κ2) is 6.40. The summed E-state index contributed by atoms with van der Waals surface area (Å²) in [5.41, 5.74) is 3.76. The summed E-state index contributed by atoms with van der Waals surface area (Å²) in [6.45, 7) is 4.42. The number of sulfonamides is 1. The van der Waals surface area contributed by atoms with Crippen molar-refractivity contribution in [2.24, 2.45) is 0 Å². The average Bonchev–Trinajstić information content (AvgIpc) is 3.16. The summed E-state index contributed by atoms with van der Waals surface area (Å²) in [6.07, 6.45) is 0. The van der Waals surface area contributed by atoms with Crippen molar-refractivity contribution < 1.29 is 12.8 Å². The maximum atomic E-state index is 12.6. The number of oxazole rings is 1. The van der Waals surface area contributed by atoms with Crippen LogP contribution in [-0.4, -0.2) is 18.0 Å². The molecule has 7 nitrogen and oxygen atoms in total. The van der Waals surface area contributed by atoms with Crippen LogP contribution in [0.25, 0.3) is 22.0 Å². The van der Waals surface area contributed by atoms with Crippen LogP contribution in [0.4, 0.5) is 0 Å². The zero-order valence-electron chi connectivity index (χ0n) is 14.9. The molecule has 0 saturated heterocycles. The van der Waals surface area contributed by atoms with Crippen LogP contribution in [0.5, 0.6) is 0 Å². The molecule has 0 atom stereocenters. The predicted molar refractivity (Wildman–Crippen MR) is 103 cm³/mol. The average molecular weight is 385 g/mol. The molecule has 140 valence electrons. The second-order valence-electron chi connectivity index (χ2n) is 6.44. The number of hydrogen-bond acceptors (Lipinski definition) is 4. The van der Waals surface area contributed by atoms with E-state index in [0.717, 1.165) is 22.2 Å². The molecule has 8 heteroatoms. The Bertz CT molecular complexity index is 1310. The lowest BCUT2D eigenvalue weighted by Crippen LogP contribution is -2.23. The lowest BCUT2D eigenvalue weighted by Gasteiger charge is -2.07. The highest BCUT2D eigenvalue weighted by Gasteiger charge is 2.17. The molecule has 0 aliphatic heterocycles. The summed E-state index contributed by atoms with van der Waals surface area (Å²) in [6, 6.07) is 12.2. The van der Waals surface area contributed by atoms with Gasteiger partial charge >= 0.3 is 5.76 Å². The van der Waals surface area contributed by atoms with Gasteiger partial charge in [-0.1, -0.05) is 6.07 Å². The molecule has 0 spiro atoms. The number of hydrogen-bond donors (Lipinski definition) is 2. The van der Waals surface area contributed by atoms with Gasteiger partial charge in [0.05, 0.1) is 10.4 Å². The minimum Gasteiger partial charge on any atom is -0.408 e. The highest BCUT2D eigenvalue weighted by Crippen LogP contribution is 2.20. The Kier molecular flexibility index (Phi) is 4.16. The maximum Gasteiger partial charge on any atom is 0.419 e. The number of nitrogens with one attached hydrogen (secondary N) is 2. The van der Waals surface area contributed by atoms with E-state index in [0.29, 0.717) is 12.1 Å². The number of nitrogens with zero attached hydrogens (tertiary/aromatic N) is 1. The molecule has 0 unspecified atom stereocenters. The summed E-state index contributed by atoms with van der Waals surface area (Å²) in [7, 11) is -3.74. The third-order valence-corrected chi connectivity index (χ3v) is 5.95. The van der Waals surface area contributed by atoms with E-state index in [2.05, 4.69) is 9.71 Å². The summed E-state index contributed by atoms with van der Waals surface area (Å²) in [5, 5.41) is 1.04. The molecular formula is C19H19N3O4S. The van der Waals surface area contributed by atoms with Gasteiger partial charge in [-0.05, 0) is 55.1 Å². The van der Waals surface area contributed by atoms with Crippen LogP contribution in [0.2, 0.25) is 0 Å². The second-order valence-corrected chi connectivity index (χ2v) is 8.21. The molecule has 2 aromatic heterocycles. The van der Waals surface area contributed by atoms with Crippen LogP contribution in [0.3, 0.4) is 0 Å². The Hall–Kier alpha value is -2.84. The molecule has 0 fully saturated rings. The fraction of sp³-hybridized carbons (Fsp3) is 0.211. The van der Waals surface area contributed by atoms with Gasteiger partial charge in [0.2, 0.25) is 10.0 Å². The quantitative estimate of drug-likeness (QED) is 0.552. The largest absolute Gasteiger partial charge is 0.419 e. The minimum absolute atomic E-state index is 0.0607. The van der Waals surface area contributed by atoms with Crippen molar-refractivity contribution in [2.45, 2.75) is 31.8 Å². The predicted octanol–water partition coefficient (Wildman–Crippen LogP) is 2.88. The van der Waals surface area contributed by atoms with Crippen molar-refractivity contribution in [3.63, 3.8) is 0 Å². The van der Waals surface area contributed by atoms with Crippen LogP contribution in [0.15, 0.2) is 56.6 Å². The van der Waals surface area contributed by atoms with E-state index in [9.17, 15) is 13.2 Å². The molecule has 0 radical (unpaired) electrons. The molecule has 4 aromatic rings. The molecular weight excluding hydrogens is 366 g/mol. The van der Waals surface area contributed by atoms with Crippen molar-refractivity contribution >= 4 is 32.0 Å². The maximum absolute atomic E-state index is 12.6. The summed E-state index contributed by atoms with van der Waals surface area (Å²) in [5.74, 6) is -0.495. The number of aromatic amines is 1. The van der Waals surface area contributed by atoms with E-state index in [1.807, 2.05) is 38.1 Å². The van der Waals surface area contributed by atoms with Gasteiger partial charge < -0.3 is 9.40 Å². The Balaban J connectivity index is 1.60. The van der Waals surface area contributed by atoms with E-state index in [-0.39, 0.29) is 17.0 Å². The van der Waals surface area contributed by atoms with E-state index < -0.39 is 15.8 Å². The van der Waals surface area contributed by atoms with E-state index >= 15 is 0 Å². The van der Waals surface area contributed by atoms with Gasteiger partial charge in [-0.3, -0.25) is 4.57 Å². The smallest absolute Gasteiger partial charge is 0.408 e. The molecule has 0 aliphatic rings. The number of benzene rings is 2. The van der Waals surface area contributed by atoms with E-state index in [1.165, 1.54) is 16.7 Å². The first kappa shape index (κ1) is 17.6. The molecule has 0 bridgehead atoms. The van der Waals surface area contributed by atoms with Crippen LogP contribution in [-0.2, 0) is 23.1 Å². The third-order valence-electron chi connectivity index (χ3n) is 4.55. The molecule has 27 heavy (non-hydrogen) atoms. The van der Waals surface area contributed by atoms with Crippen LogP contribution < -0.4 is 10.5 Å². The zero-order chi connectivity index (χ0) is 19.2. The van der Waals surface area contributed by atoms with Crippen molar-refractivity contribution in [1.29, 1.82) is 0 Å². The Morgan fingerprint density at radius 1 is 1.15 bits per heavy atom. The van der Waals surface area contributed by atoms with Crippen LogP contribution >= 0.6 is 0 Å². The molecule has 0 amide bonds. The first-order valence-corrected chi connectivity index (χ1v) is 10.1. The number of aryl methyl sites for hydroxylation is 2. The summed E-state index contributed by atoms with van der Waals surface area (Å²) < 4.78 is 34.5. The lowest BCUT2D eigenvalue weighted by atomic mass is 10.1. The lowest BCUT2D eigenvalue weighted by molar-refractivity contribution is 0.512. The fourth-order valence-electron chi connectivity index (χ4n) is 3.21. The Morgan fingerprint density at radius 2 is 1.96 bits per heavy atom. The normalized spacial score (nSPS) is 12.2. The van der Waals surface area contributed by atoms with Gasteiger partial charge in [-0.15, -0.1) is 0 Å². The Morgan fingerprint density at radius 3 is 2.74 bits per heavy atom. The highest BCUT2D eigenvalue weighted by atomic mass is 32.2. The van der Waals surface area contributed by atoms with Gasteiger partial charge in [0.1, 0.15) is 0 Å². The van der Waals surface area contributed by atoms with E-state index in [4.69, 9.17) is 4.42 Å². The number of aromatic nitrogens is 2. The van der Waals surface area contributed by atoms with Crippen molar-refractivity contribution in [1.82, 2.24) is 14.3 Å². The van der Waals surface area contributed by atoms with Crippen molar-refractivity contribution in [3.05, 3.63) is 64.3 Å². The van der Waals surface area contributed by atoms with Gasteiger partial charge in [0.25, 0.3) is 0 Å². The Labute approximate surface area is 155 Å². The fourth-order valence-corrected chi connectivity index (χ4v) is 4.24. The molecule has 2 heterocycles. The summed E-state index contributed by atoms with van der Waals surface area (Å²) >= 11 is 0. The van der Waals surface area contributed by atoms with Crippen molar-refractivity contribution in [3.8, 4) is 0 Å². The van der Waals surface area contributed by atoms with Crippen LogP contribution in [0.1, 0.15) is 18.2 Å². The number of fused-ring (bicyclic) bond motifs is 2. The third kappa shape index (κ3) is 3.17. The van der Waals surface area contributed by atoms with E-state index in [1.54, 1.807) is 6.07 Å². The number of H-pyrrole nitrogens is 1. The molecule has 2 N–H and O–H groups in total. The van der Waals surface area contributed by atoms with Crippen molar-refractivity contribution in [2.75, 3.05) is 0 Å². The molecule has 2 aromatic carbocycles.